The first-order valence-electron chi connectivity index (χ1n) is 11.2. The number of amides is 3. The van der Waals surface area contributed by atoms with Gasteiger partial charge in [-0.25, -0.2) is 4.90 Å². The van der Waals surface area contributed by atoms with E-state index in [1.807, 2.05) is 37.3 Å². The van der Waals surface area contributed by atoms with Gasteiger partial charge in [-0.15, -0.1) is 0 Å². The van der Waals surface area contributed by atoms with Crippen LogP contribution in [0.2, 0.25) is 0 Å². The maximum atomic E-state index is 13.3. The van der Waals surface area contributed by atoms with Gasteiger partial charge in [0.1, 0.15) is 11.8 Å². The van der Waals surface area contributed by atoms with Gasteiger partial charge in [0.25, 0.3) is 11.8 Å². The molecule has 0 aromatic heterocycles. The van der Waals surface area contributed by atoms with Crippen LogP contribution >= 0.6 is 0 Å². The number of aryl methyl sites for hydroxylation is 1. The molecule has 2 aliphatic rings. The standard InChI is InChI=1S/C25H29N3O5/c1-19-7-9-20(10-8-19)28-23(29)17-22(25(28)31)27(12-11-26-13-15-32-16-14-26)24(30)18-33-21-5-3-2-4-6-21/h2-10,22H,11-18H2,1H3. The second kappa shape index (κ2) is 10.6. The summed E-state index contributed by atoms with van der Waals surface area (Å²) in [6.07, 6.45) is -0.0348. The van der Waals surface area contributed by atoms with Gasteiger partial charge in [0.15, 0.2) is 6.61 Å². The average molecular weight is 452 g/mol. The molecule has 1 atom stereocenters. The summed E-state index contributed by atoms with van der Waals surface area (Å²) in [4.78, 5) is 44.2. The van der Waals surface area contributed by atoms with Crippen LogP contribution in [0.1, 0.15) is 12.0 Å². The lowest BCUT2D eigenvalue weighted by molar-refractivity contribution is -0.140. The topological polar surface area (TPSA) is 79.4 Å². The summed E-state index contributed by atoms with van der Waals surface area (Å²) in [6.45, 7) is 5.52. The number of hydrogen-bond donors (Lipinski definition) is 0. The van der Waals surface area contributed by atoms with Crippen molar-refractivity contribution in [2.45, 2.75) is 19.4 Å². The van der Waals surface area contributed by atoms with Crippen molar-refractivity contribution in [2.75, 3.05) is 50.9 Å². The molecule has 8 nitrogen and oxygen atoms in total. The summed E-state index contributed by atoms with van der Waals surface area (Å²) in [7, 11) is 0. The molecule has 174 valence electrons. The van der Waals surface area contributed by atoms with E-state index in [0.29, 0.717) is 37.7 Å². The zero-order valence-electron chi connectivity index (χ0n) is 18.8. The Labute approximate surface area is 193 Å². The van der Waals surface area contributed by atoms with Crippen molar-refractivity contribution in [1.82, 2.24) is 9.80 Å². The zero-order valence-corrected chi connectivity index (χ0v) is 18.8. The fourth-order valence-corrected chi connectivity index (χ4v) is 4.10. The lowest BCUT2D eigenvalue weighted by Crippen LogP contribution is -2.51. The number of ether oxygens (including phenoxy) is 2. The molecule has 0 radical (unpaired) electrons. The number of carbonyl (C=O) groups is 3. The number of nitrogens with zero attached hydrogens (tertiary/aromatic N) is 3. The van der Waals surface area contributed by atoms with Crippen LogP contribution in [0.4, 0.5) is 5.69 Å². The van der Waals surface area contributed by atoms with Crippen molar-refractivity contribution in [2.24, 2.45) is 0 Å². The lowest BCUT2D eigenvalue weighted by atomic mass is 10.2. The van der Waals surface area contributed by atoms with E-state index in [-0.39, 0.29) is 30.7 Å². The summed E-state index contributed by atoms with van der Waals surface area (Å²) in [5, 5.41) is 0. The monoisotopic (exact) mass is 451 g/mol. The molecule has 2 fully saturated rings. The normalized spacial score (nSPS) is 19.1. The molecule has 0 bridgehead atoms. The molecule has 8 heteroatoms. The van der Waals surface area contributed by atoms with Gasteiger partial charge >= 0.3 is 0 Å². The van der Waals surface area contributed by atoms with Crippen molar-refractivity contribution >= 4 is 23.4 Å². The number of anilines is 1. The zero-order chi connectivity index (χ0) is 23.2. The predicted octanol–water partition coefficient (Wildman–Crippen LogP) is 1.87. The summed E-state index contributed by atoms with van der Waals surface area (Å²) >= 11 is 0. The first-order valence-corrected chi connectivity index (χ1v) is 11.2. The molecule has 0 saturated carbocycles. The molecule has 2 aliphatic heterocycles. The van der Waals surface area contributed by atoms with Crippen molar-refractivity contribution in [3.63, 3.8) is 0 Å². The molecule has 2 aromatic carbocycles. The Morgan fingerprint density at radius 3 is 2.45 bits per heavy atom. The summed E-state index contributed by atoms with van der Waals surface area (Å²) in [5.41, 5.74) is 1.56. The Kier molecular flexibility index (Phi) is 7.36. The van der Waals surface area contributed by atoms with E-state index in [2.05, 4.69) is 4.90 Å². The SMILES string of the molecule is Cc1ccc(N2C(=O)CC(N(CCN3CCOCC3)C(=O)COc3ccccc3)C2=O)cc1. The average Bonchev–Trinajstić information content (AvgIpc) is 3.13. The smallest absolute Gasteiger partial charge is 0.261 e. The number of benzene rings is 2. The predicted molar refractivity (Wildman–Crippen MR) is 123 cm³/mol. The molecule has 2 heterocycles. The van der Waals surface area contributed by atoms with Gasteiger partial charge < -0.3 is 14.4 Å². The molecule has 33 heavy (non-hydrogen) atoms. The van der Waals surface area contributed by atoms with Gasteiger partial charge in [-0.2, -0.15) is 0 Å². The Bertz CT molecular complexity index is 973. The Hall–Kier alpha value is -3.23. The third-order valence-corrected chi connectivity index (χ3v) is 5.98. The van der Waals surface area contributed by atoms with E-state index in [1.54, 1.807) is 24.3 Å². The minimum Gasteiger partial charge on any atom is -0.484 e. The Morgan fingerprint density at radius 1 is 1.06 bits per heavy atom. The number of carbonyl (C=O) groups excluding carboxylic acids is 3. The van der Waals surface area contributed by atoms with Crippen LogP contribution in [0.15, 0.2) is 54.6 Å². The van der Waals surface area contributed by atoms with Crippen molar-refractivity contribution in [3.05, 3.63) is 60.2 Å². The third kappa shape index (κ3) is 5.58. The molecular weight excluding hydrogens is 422 g/mol. The maximum Gasteiger partial charge on any atom is 0.261 e. The van der Waals surface area contributed by atoms with Crippen LogP contribution in [0.5, 0.6) is 5.75 Å². The van der Waals surface area contributed by atoms with Crippen LogP contribution in [-0.4, -0.2) is 79.6 Å². The first kappa shape index (κ1) is 22.9. The molecule has 3 amide bonds. The summed E-state index contributed by atoms with van der Waals surface area (Å²) in [6, 6.07) is 15.5. The maximum absolute atomic E-state index is 13.3. The van der Waals surface area contributed by atoms with E-state index in [9.17, 15) is 14.4 Å². The first-order chi connectivity index (χ1) is 16.0. The van der Waals surface area contributed by atoms with E-state index < -0.39 is 6.04 Å². The second-order valence-electron chi connectivity index (χ2n) is 8.27. The highest BCUT2D eigenvalue weighted by Crippen LogP contribution is 2.26. The minimum atomic E-state index is -0.841. The molecule has 4 rings (SSSR count). The van der Waals surface area contributed by atoms with Crippen LogP contribution in [-0.2, 0) is 19.1 Å². The molecule has 0 N–H and O–H groups in total. The molecule has 1 unspecified atom stereocenters. The highest BCUT2D eigenvalue weighted by molar-refractivity contribution is 6.23. The van der Waals surface area contributed by atoms with Gasteiger partial charge in [0, 0.05) is 26.2 Å². The number of rotatable bonds is 8. The van der Waals surface area contributed by atoms with E-state index in [1.165, 1.54) is 9.80 Å². The van der Waals surface area contributed by atoms with Crippen LogP contribution in [0.3, 0.4) is 0 Å². The van der Waals surface area contributed by atoms with Crippen molar-refractivity contribution < 1.29 is 23.9 Å². The van der Waals surface area contributed by atoms with Crippen LogP contribution in [0, 0.1) is 6.92 Å². The number of imide groups is 1. The van der Waals surface area contributed by atoms with E-state index in [4.69, 9.17) is 9.47 Å². The summed E-state index contributed by atoms with van der Waals surface area (Å²) < 4.78 is 11.0. The largest absolute Gasteiger partial charge is 0.484 e. The molecular formula is C25H29N3O5. The highest BCUT2D eigenvalue weighted by atomic mass is 16.5. The van der Waals surface area contributed by atoms with Gasteiger partial charge in [0.2, 0.25) is 5.91 Å². The van der Waals surface area contributed by atoms with E-state index >= 15 is 0 Å². The minimum absolute atomic E-state index is 0.0348. The number of morpholine rings is 1. The fraction of sp³-hybridized carbons (Fsp3) is 0.400. The van der Waals surface area contributed by atoms with Gasteiger partial charge in [-0.1, -0.05) is 35.9 Å². The van der Waals surface area contributed by atoms with Gasteiger partial charge in [0.05, 0.1) is 25.3 Å². The molecule has 0 spiro atoms. The quantitative estimate of drug-likeness (QED) is 0.570. The van der Waals surface area contributed by atoms with Gasteiger partial charge in [-0.05, 0) is 31.2 Å². The Morgan fingerprint density at radius 2 is 1.76 bits per heavy atom. The highest BCUT2D eigenvalue weighted by Gasteiger charge is 2.44. The molecule has 2 saturated heterocycles. The third-order valence-electron chi connectivity index (χ3n) is 5.98. The molecule has 2 aromatic rings. The Balaban J connectivity index is 1.49. The van der Waals surface area contributed by atoms with Gasteiger partial charge in [-0.3, -0.25) is 19.3 Å². The fourth-order valence-electron chi connectivity index (χ4n) is 4.10. The number of hydrogen-bond acceptors (Lipinski definition) is 6. The van der Waals surface area contributed by atoms with Crippen molar-refractivity contribution in [3.8, 4) is 5.75 Å². The van der Waals surface area contributed by atoms with E-state index in [0.717, 1.165) is 18.7 Å². The molecule has 0 aliphatic carbocycles. The number of para-hydroxylation sites is 1. The van der Waals surface area contributed by atoms with Crippen LogP contribution < -0.4 is 9.64 Å². The summed E-state index contributed by atoms with van der Waals surface area (Å²) in [5.74, 6) is -0.418. The van der Waals surface area contributed by atoms with Crippen LogP contribution in [0.25, 0.3) is 0 Å². The second-order valence-corrected chi connectivity index (χ2v) is 8.27. The lowest BCUT2D eigenvalue weighted by Gasteiger charge is -2.32. The van der Waals surface area contributed by atoms with Crippen molar-refractivity contribution in [1.29, 1.82) is 0 Å².